The fraction of sp³-hybridized carbons (Fsp3) is 0.400. The molecule has 0 amide bonds. The van der Waals surface area contributed by atoms with Crippen molar-refractivity contribution < 1.29 is 26.0 Å². The van der Waals surface area contributed by atoms with Gasteiger partial charge in [-0.05, 0) is 40.5 Å². The Morgan fingerprint density at radius 1 is 1.26 bits per heavy atom. The van der Waals surface area contributed by atoms with Crippen molar-refractivity contribution in [3.05, 3.63) is 28.5 Å². The van der Waals surface area contributed by atoms with E-state index < -0.39 is 40.6 Å². The highest BCUT2D eigenvalue weighted by molar-refractivity contribution is 9.10. The third kappa shape index (κ3) is 6.24. The van der Waals surface area contributed by atoms with Gasteiger partial charge in [-0.2, -0.15) is 13.2 Å². The molecular formula is C10H10BrF4NO2S. The summed E-state index contributed by atoms with van der Waals surface area (Å²) in [6.07, 6.45) is -6.08. The second kappa shape index (κ2) is 6.08. The molecule has 0 heterocycles. The van der Waals surface area contributed by atoms with Gasteiger partial charge in [0.2, 0.25) is 10.0 Å². The van der Waals surface area contributed by atoms with Crippen molar-refractivity contribution >= 4 is 31.6 Å². The Morgan fingerprint density at radius 2 is 1.89 bits per heavy atom. The summed E-state index contributed by atoms with van der Waals surface area (Å²) in [6, 6.07) is 3.27. The number of hydrogen-bond acceptors (Lipinski definition) is 2. The molecule has 0 saturated heterocycles. The van der Waals surface area contributed by atoms with Gasteiger partial charge in [0.1, 0.15) is 5.82 Å². The molecule has 0 aliphatic carbocycles. The van der Waals surface area contributed by atoms with Crippen molar-refractivity contribution in [2.24, 2.45) is 0 Å². The fourth-order valence-electron chi connectivity index (χ4n) is 1.25. The molecule has 0 aromatic heterocycles. The third-order valence-corrected chi connectivity index (χ3v) is 4.08. The predicted molar refractivity (Wildman–Crippen MR) is 66.8 cm³/mol. The first kappa shape index (κ1) is 16.2. The van der Waals surface area contributed by atoms with Crippen LogP contribution in [0, 0.1) is 5.82 Å². The Hall–Kier alpha value is -0.830. The molecule has 0 saturated carbocycles. The van der Waals surface area contributed by atoms with E-state index >= 15 is 0 Å². The van der Waals surface area contributed by atoms with Gasteiger partial charge in [-0.1, -0.05) is 0 Å². The largest absolute Gasteiger partial charge is 0.389 e. The van der Waals surface area contributed by atoms with Gasteiger partial charge >= 0.3 is 6.18 Å². The lowest BCUT2D eigenvalue weighted by atomic mass is 10.3. The minimum atomic E-state index is -4.38. The molecule has 0 unspecified atom stereocenters. The third-order valence-electron chi connectivity index (χ3n) is 2.07. The predicted octanol–water partition coefficient (Wildman–Crippen LogP) is 3.67. The van der Waals surface area contributed by atoms with E-state index in [4.69, 9.17) is 0 Å². The molecule has 0 aliphatic heterocycles. The number of hydrogen-bond donors (Lipinski definition) is 1. The van der Waals surface area contributed by atoms with Crippen LogP contribution in [0.5, 0.6) is 0 Å². The van der Waals surface area contributed by atoms with Crippen LogP contribution in [0.2, 0.25) is 0 Å². The summed E-state index contributed by atoms with van der Waals surface area (Å²) in [4.78, 5) is 0. The van der Waals surface area contributed by atoms with Crippen LogP contribution in [-0.2, 0) is 10.0 Å². The number of alkyl halides is 3. The molecule has 0 atom stereocenters. The normalized spacial score (nSPS) is 12.5. The Labute approximate surface area is 116 Å². The van der Waals surface area contributed by atoms with Crippen LogP contribution in [0.4, 0.5) is 23.2 Å². The van der Waals surface area contributed by atoms with Crippen LogP contribution in [0.15, 0.2) is 22.7 Å². The van der Waals surface area contributed by atoms with Crippen molar-refractivity contribution in [1.82, 2.24) is 0 Å². The lowest BCUT2D eigenvalue weighted by Gasteiger charge is -2.10. The van der Waals surface area contributed by atoms with E-state index in [-0.39, 0.29) is 10.2 Å². The molecule has 0 fully saturated rings. The van der Waals surface area contributed by atoms with Gasteiger partial charge in [-0.3, -0.25) is 4.72 Å². The average molecular weight is 364 g/mol. The van der Waals surface area contributed by atoms with E-state index in [0.717, 1.165) is 12.1 Å². The molecule has 1 rings (SSSR count). The summed E-state index contributed by atoms with van der Waals surface area (Å²) in [5.41, 5.74) is 0.0772. The standard InChI is InChI=1S/C10H10BrF4NO2S/c11-8-6-7(12)2-3-9(8)16-19(17,18)5-1-4-10(13,14)15/h2-3,6,16H,1,4-5H2. The molecule has 0 aliphatic rings. The number of halogens is 5. The number of nitrogens with one attached hydrogen (secondary N) is 1. The number of rotatable bonds is 5. The van der Waals surface area contributed by atoms with Gasteiger partial charge in [0.15, 0.2) is 0 Å². The second-order valence-corrected chi connectivity index (χ2v) is 6.46. The maximum atomic E-state index is 12.8. The lowest BCUT2D eigenvalue weighted by molar-refractivity contribution is -0.134. The van der Waals surface area contributed by atoms with Crippen LogP contribution in [0.25, 0.3) is 0 Å². The van der Waals surface area contributed by atoms with Gasteiger partial charge < -0.3 is 0 Å². The first-order valence-electron chi connectivity index (χ1n) is 5.11. The Kier molecular flexibility index (Phi) is 5.19. The van der Waals surface area contributed by atoms with E-state index in [1.165, 1.54) is 6.07 Å². The zero-order chi connectivity index (χ0) is 14.7. The minimum Gasteiger partial charge on any atom is -0.282 e. The average Bonchev–Trinajstić information content (AvgIpc) is 2.20. The summed E-state index contributed by atoms with van der Waals surface area (Å²) >= 11 is 2.95. The first-order valence-corrected chi connectivity index (χ1v) is 7.56. The van der Waals surface area contributed by atoms with Gasteiger partial charge in [0.05, 0.1) is 11.4 Å². The first-order chi connectivity index (χ1) is 8.59. The quantitative estimate of drug-likeness (QED) is 0.811. The Bertz CT molecular complexity index is 545. The van der Waals surface area contributed by atoms with Crippen LogP contribution in [-0.4, -0.2) is 20.3 Å². The molecular weight excluding hydrogens is 354 g/mol. The SMILES string of the molecule is O=S(=O)(CCCC(F)(F)F)Nc1ccc(F)cc1Br. The molecule has 1 aromatic carbocycles. The highest BCUT2D eigenvalue weighted by atomic mass is 79.9. The van der Waals surface area contributed by atoms with Crippen molar-refractivity contribution in [2.75, 3.05) is 10.5 Å². The Balaban J connectivity index is 2.64. The summed E-state index contributed by atoms with van der Waals surface area (Å²) in [5, 5.41) is 0. The van der Waals surface area contributed by atoms with Crippen LogP contribution in [0.3, 0.4) is 0 Å². The molecule has 0 radical (unpaired) electrons. The van der Waals surface area contributed by atoms with Crippen molar-refractivity contribution in [2.45, 2.75) is 19.0 Å². The van der Waals surface area contributed by atoms with Gasteiger partial charge in [0, 0.05) is 10.9 Å². The van der Waals surface area contributed by atoms with Gasteiger partial charge in [-0.15, -0.1) is 0 Å². The summed E-state index contributed by atoms with van der Waals surface area (Å²) in [7, 11) is -3.89. The lowest BCUT2D eigenvalue weighted by Crippen LogP contribution is -2.19. The van der Waals surface area contributed by atoms with E-state index in [0.29, 0.717) is 0 Å². The van der Waals surface area contributed by atoms with E-state index in [1.807, 2.05) is 0 Å². The van der Waals surface area contributed by atoms with E-state index in [9.17, 15) is 26.0 Å². The Morgan fingerprint density at radius 3 is 2.42 bits per heavy atom. The summed E-state index contributed by atoms with van der Waals surface area (Å²) < 4.78 is 73.8. The number of anilines is 1. The van der Waals surface area contributed by atoms with Crippen LogP contribution in [0.1, 0.15) is 12.8 Å². The zero-order valence-electron chi connectivity index (χ0n) is 9.47. The topological polar surface area (TPSA) is 46.2 Å². The highest BCUT2D eigenvalue weighted by Gasteiger charge is 2.27. The summed E-state index contributed by atoms with van der Waals surface area (Å²) in [5.74, 6) is -1.22. The van der Waals surface area contributed by atoms with Crippen molar-refractivity contribution in [3.63, 3.8) is 0 Å². The molecule has 0 spiro atoms. The zero-order valence-corrected chi connectivity index (χ0v) is 11.9. The maximum Gasteiger partial charge on any atom is 0.389 e. The molecule has 108 valence electrons. The van der Waals surface area contributed by atoms with Crippen molar-refractivity contribution in [3.8, 4) is 0 Å². The van der Waals surface area contributed by atoms with E-state index in [2.05, 4.69) is 20.7 Å². The van der Waals surface area contributed by atoms with E-state index in [1.54, 1.807) is 0 Å². The van der Waals surface area contributed by atoms with Crippen molar-refractivity contribution in [1.29, 1.82) is 0 Å². The highest BCUT2D eigenvalue weighted by Crippen LogP contribution is 2.25. The summed E-state index contributed by atoms with van der Waals surface area (Å²) in [6.45, 7) is 0. The van der Waals surface area contributed by atoms with Gasteiger partial charge in [-0.25, -0.2) is 12.8 Å². The molecule has 19 heavy (non-hydrogen) atoms. The monoisotopic (exact) mass is 363 g/mol. The molecule has 1 aromatic rings. The molecule has 1 N–H and O–H groups in total. The number of benzene rings is 1. The molecule has 9 heteroatoms. The fourth-order valence-corrected chi connectivity index (χ4v) is 2.97. The smallest absolute Gasteiger partial charge is 0.282 e. The van der Waals surface area contributed by atoms with Crippen LogP contribution >= 0.6 is 15.9 Å². The maximum absolute atomic E-state index is 12.8. The second-order valence-electron chi connectivity index (χ2n) is 3.76. The minimum absolute atomic E-state index is 0.0772. The van der Waals surface area contributed by atoms with Crippen LogP contribution < -0.4 is 4.72 Å². The van der Waals surface area contributed by atoms with Gasteiger partial charge in [0.25, 0.3) is 0 Å². The molecule has 3 nitrogen and oxygen atoms in total. The number of sulfonamides is 1. The molecule has 0 bridgehead atoms.